The van der Waals surface area contributed by atoms with Crippen molar-refractivity contribution in [3.63, 3.8) is 0 Å². The summed E-state index contributed by atoms with van der Waals surface area (Å²) in [5, 5.41) is 13.3. The maximum absolute atomic E-state index is 12.6. The van der Waals surface area contributed by atoms with E-state index in [1.165, 1.54) is 4.88 Å². The summed E-state index contributed by atoms with van der Waals surface area (Å²) >= 11 is 1.57. The average Bonchev–Trinajstić information content (AvgIpc) is 3.09. The molecule has 0 bridgehead atoms. The quantitative estimate of drug-likeness (QED) is 0.467. The Kier molecular flexibility index (Phi) is 8.36. The van der Waals surface area contributed by atoms with Crippen LogP contribution in [0.1, 0.15) is 68.0 Å². The molecule has 1 unspecified atom stereocenters. The molecule has 1 heterocycles. The zero-order valence-corrected chi connectivity index (χ0v) is 19.6. The van der Waals surface area contributed by atoms with Crippen molar-refractivity contribution in [3.8, 4) is 17.6 Å². The number of anilines is 1. The van der Waals surface area contributed by atoms with E-state index in [0.29, 0.717) is 42.5 Å². The number of carbonyl (C=O) groups excluding carboxylic acids is 1. The van der Waals surface area contributed by atoms with Crippen molar-refractivity contribution in [1.29, 1.82) is 5.26 Å². The molecule has 1 amide bonds. The Labute approximate surface area is 189 Å². The highest BCUT2D eigenvalue weighted by Crippen LogP contribution is 2.39. The molecule has 1 aliphatic carbocycles. The SMILES string of the molecule is CCCCOc1ccc(CCC(=O)Nc2sc3c(c2C#N)CCC(C)C3)cc1OCC. The molecule has 0 fully saturated rings. The van der Waals surface area contributed by atoms with Gasteiger partial charge in [-0.1, -0.05) is 26.3 Å². The number of nitrogens with zero attached hydrogens (tertiary/aromatic N) is 1. The first-order chi connectivity index (χ1) is 15.0. The third kappa shape index (κ3) is 6.01. The maximum atomic E-state index is 12.6. The second-order valence-electron chi connectivity index (χ2n) is 8.13. The third-order valence-electron chi connectivity index (χ3n) is 5.58. The summed E-state index contributed by atoms with van der Waals surface area (Å²) < 4.78 is 11.6. The Bertz CT molecular complexity index is 945. The normalized spacial score (nSPS) is 15.1. The van der Waals surface area contributed by atoms with Crippen LogP contribution in [0.2, 0.25) is 0 Å². The molecule has 0 spiro atoms. The first kappa shape index (κ1) is 23.1. The van der Waals surface area contributed by atoms with E-state index in [4.69, 9.17) is 9.47 Å². The minimum atomic E-state index is -0.0654. The van der Waals surface area contributed by atoms with Gasteiger partial charge in [-0.25, -0.2) is 0 Å². The number of hydrogen-bond donors (Lipinski definition) is 1. The van der Waals surface area contributed by atoms with Crippen molar-refractivity contribution in [2.45, 2.75) is 65.7 Å². The van der Waals surface area contributed by atoms with Crippen LogP contribution in [0.25, 0.3) is 0 Å². The van der Waals surface area contributed by atoms with Gasteiger partial charge in [-0.3, -0.25) is 4.79 Å². The predicted octanol–water partition coefficient (Wildman–Crippen LogP) is 5.89. The number of carbonyl (C=O) groups is 1. The molecule has 166 valence electrons. The minimum Gasteiger partial charge on any atom is -0.490 e. The number of amides is 1. The largest absolute Gasteiger partial charge is 0.490 e. The van der Waals surface area contributed by atoms with Crippen LogP contribution in [0.5, 0.6) is 11.5 Å². The lowest BCUT2D eigenvalue weighted by atomic mass is 9.88. The second-order valence-corrected chi connectivity index (χ2v) is 9.24. The Hall–Kier alpha value is -2.52. The summed E-state index contributed by atoms with van der Waals surface area (Å²) in [6.07, 6.45) is 6.07. The molecule has 1 aromatic carbocycles. The van der Waals surface area contributed by atoms with Gasteiger partial charge in [-0.15, -0.1) is 11.3 Å². The lowest BCUT2D eigenvalue weighted by Gasteiger charge is -2.17. The first-order valence-corrected chi connectivity index (χ1v) is 12.1. The Morgan fingerprint density at radius 3 is 2.87 bits per heavy atom. The van der Waals surface area contributed by atoms with E-state index in [1.54, 1.807) is 11.3 Å². The number of ether oxygens (including phenoxy) is 2. The van der Waals surface area contributed by atoms with E-state index in [9.17, 15) is 10.1 Å². The van der Waals surface area contributed by atoms with Gasteiger partial charge in [0.1, 0.15) is 11.1 Å². The summed E-state index contributed by atoms with van der Waals surface area (Å²) in [6.45, 7) is 7.55. The zero-order chi connectivity index (χ0) is 22.2. The molecular weight excluding hydrogens is 408 g/mol. The smallest absolute Gasteiger partial charge is 0.225 e. The fourth-order valence-corrected chi connectivity index (χ4v) is 5.20. The molecule has 0 radical (unpaired) electrons. The molecule has 0 aliphatic heterocycles. The van der Waals surface area contributed by atoms with Crippen LogP contribution in [0.4, 0.5) is 5.00 Å². The lowest BCUT2D eigenvalue weighted by Crippen LogP contribution is -2.12. The molecule has 3 rings (SSSR count). The van der Waals surface area contributed by atoms with E-state index < -0.39 is 0 Å². The van der Waals surface area contributed by atoms with Crippen LogP contribution in [-0.4, -0.2) is 19.1 Å². The monoisotopic (exact) mass is 440 g/mol. The van der Waals surface area contributed by atoms with Crippen molar-refractivity contribution < 1.29 is 14.3 Å². The molecule has 6 heteroatoms. The van der Waals surface area contributed by atoms with Crippen LogP contribution in [0.3, 0.4) is 0 Å². The Morgan fingerprint density at radius 2 is 2.13 bits per heavy atom. The number of rotatable bonds is 10. The number of benzene rings is 1. The molecular formula is C25H32N2O3S. The molecule has 31 heavy (non-hydrogen) atoms. The molecule has 1 aliphatic rings. The van der Waals surface area contributed by atoms with Crippen molar-refractivity contribution in [2.75, 3.05) is 18.5 Å². The summed E-state index contributed by atoms with van der Waals surface area (Å²) in [6, 6.07) is 8.19. The fourth-order valence-electron chi connectivity index (χ4n) is 3.83. The highest BCUT2D eigenvalue weighted by molar-refractivity contribution is 7.16. The Morgan fingerprint density at radius 1 is 1.29 bits per heavy atom. The molecule has 1 N–H and O–H groups in total. The van der Waals surface area contributed by atoms with Gasteiger partial charge in [0, 0.05) is 11.3 Å². The number of nitriles is 1. The van der Waals surface area contributed by atoms with Crippen molar-refractivity contribution in [2.24, 2.45) is 5.92 Å². The number of unbranched alkanes of at least 4 members (excludes halogenated alkanes) is 1. The summed E-state index contributed by atoms with van der Waals surface area (Å²) in [5.74, 6) is 2.04. The van der Waals surface area contributed by atoms with E-state index in [0.717, 1.165) is 54.7 Å². The van der Waals surface area contributed by atoms with E-state index in [-0.39, 0.29) is 5.91 Å². The third-order valence-corrected chi connectivity index (χ3v) is 6.75. The van der Waals surface area contributed by atoms with Crippen molar-refractivity contribution in [3.05, 3.63) is 39.8 Å². The van der Waals surface area contributed by atoms with E-state index in [2.05, 4.69) is 25.2 Å². The topological polar surface area (TPSA) is 71.3 Å². The van der Waals surface area contributed by atoms with Gasteiger partial charge in [0.25, 0.3) is 0 Å². The fraction of sp³-hybridized carbons (Fsp3) is 0.520. The minimum absolute atomic E-state index is 0.0654. The molecule has 0 saturated carbocycles. The lowest BCUT2D eigenvalue weighted by molar-refractivity contribution is -0.116. The highest BCUT2D eigenvalue weighted by Gasteiger charge is 2.24. The number of nitrogens with one attached hydrogen (secondary N) is 1. The molecule has 0 saturated heterocycles. The first-order valence-electron chi connectivity index (χ1n) is 11.3. The highest BCUT2D eigenvalue weighted by atomic mass is 32.1. The number of aryl methyl sites for hydroxylation is 1. The van der Waals surface area contributed by atoms with Gasteiger partial charge >= 0.3 is 0 Å². The van der Waals surface area contributed by atoms with Gasteiger partial charge < -0.3 is 14.8 Å². The standard InChI is InChI=1S/C25H32N2O3S/c1-4-6-13-30-21-11-8-18(15-22(21)29-5-2)9-12-24(28)27-25-20(16-26)19-10-7-17(3)14-23(19)31-25/h8,11,15,17H,4-7,9-10,12-14H2,1-3H3,(H,27,28). The van der Waals surface area contributed by atoms with Crippen LogP contribution in [-0.2, 0) is 24.1 Å². The molecule has 1 atom stereocenters. The van der Waals surface area contributed by atoms with Gasteiger partial charge in [0.2, 0.25) is 5.91 Å². The van der Waals surface area contributed by atoms with Crippen LogP contribution >= 0.6 is 11.3 Å². The van der Waals surface area contributed by atoms with Crippen LogP contribution in [0.15, 0.2) is 18.2 Å². The van der Waals surface area contributed by atoms with E-state index >= 15 is 0 Å². The van der Waals surface area contributed by atoms with Crippen molar-refractivity contribution in [1.82, 2.24) is 0 Å². The second kappa shape index (κ2) is 11.2. The number of fused-ring (bicyclic) bond motifs is 1. The van der Waals surface area contributed by atoms with Gasteiger partial charge in [-0.2, -0.15) is 5.26 Å². The number of thiophene rings is 1. The van der Waals surface area contributed by atoms with E-state index in [1.807, 2.05) is 25.1 Å². The van der Waals surface area contributed by atoms with Crippen LogP contribution in [0, 0.1) is 17.2 Å². The van der Waals surface area contributed by atoms with Gasteiger partial charge in [0.05, 0.1) is 18.8 Å². The summed E-state index contributed by atoms with van der Waals surface area (Å²) in [7, 11) is 0. The zero-order valence-electron chi connectivity index (χ0n) is 18.8. The number of hydrogen-bond acceptors (Lipinski definition) is 5. The maximum Gasteiger partial charge on any atom is 0.225 e. The summed E-state index contributed by atoms with van der Waals surface area (Å²) in [5.41, 5.74) is 2.83. The molecule has 5 nitrogen and oxygen atoms in total. The van der Waals surface area contributed by atoms with Crippen molar-refractivity contribution >= 4 is 22.2 Å². The average molecular weight is 441 g/mol. The Balaban J connectivity index is 1.62. The van der Waals surface area contributed by atoms with Gasteiger partial charge in [0.15, 0.2) is 11.5 Å². The predicted molar refractivity (Wildman–Crippen MR) is 125 cm³/mol. The molecule has 1 aromatic heterocycles. The molecule has 2 aromatic rings. The van der Waals surface area contributed by atoms with Crippen LogP contribution < -0.4 is 14.8 Å². The summed E-state index contributed by atoms with van der Waals surface area (Å²) in [4.78, 5) is 13.9. The van der Waals surface area contributed by atoms with Gasteiger partial charge in [-0.05, 0) is 68.2 Å².